The maximum Gasteiger partial charge on any atom is 0.293 e. The van der Waals surface area contributed by atoms with E-state index in [0.717, 1.165) is 31.2 Å². The van der Waals surface area contributed by atoms with Gasteiger partial charge in [-0.1, -0.05) is 62.4 Å². The van der Waals surface area contributed by atoms with Crippen molar-refractivity contribution in [3.63, 3.8) is 0 Å². The van der Waals surface area contributed by atoms with Crippen LogP contribution in [0.25, 0.3) is 0 Å². The molecule has 3 atom stereocenters. The summed E-state index contributed by atoms with van der Waals surface area (Å²) in [4.78, 5) is 10.7. The largest absolute Gasteiger partial charge is 0.466 e. The number of carbonyl (C=O) groups is 1. The fourth-order valence-corrected chi connectivity index (χ4v) is 4.76. The Kier molecular flexibility index (Phi) is 5.36. The molecule has 3 rings (SSSR count). The predicted molar refractivity (Wildman–Crippen MR) is 91.8 cm³/mol. The number of hydrogen-bond donors (Lipinski definition) is 1. The first-order valence-corrected chi connectivity index (χ1v) is 8.95. The fraction of sp³-hybridized carbons (Fsp3) is 0.550. The van der Waals surface area contributed by atoms with Gasteiger partial charge in [-0.2, -0.15) is 10.5 Å². The summed E-state index contributed by atoms with van der Waals surface area (Å²) in [6.45, 7) is 0.634. The van der Waals surface area contributed by atoms with Crippen molar-refractivity contribution in [2.24, 2.45) is 17.3 Å². The van der Waals surface area contributed by atoms with Crippen molar-refractivity contribution in [1.29, 1.82) is 10.5 Å². The van der Waals surface area contributed by atoms with Crippen molar-refractivity contribution in [3.8, 4) is 12.1 Å². The maximum atomic E-state index is 10.7. The van der Waals surface area contributed by atoms with Gasteiger partial charge in [0.2, 0.25) is 0 Å². The van der Waals surface area contributed by atoms with Crippen molar-refractivity contribution in [1.82, 2.24) is 5.32 Å². The van der Waals surface area contributed by atoms with Crippen LogP contribution >= 0.6 is 0 Å². The van der Waals surface area contributed by atoms with Gasteiger partial charge >= 0.3 is 0 Å². The van der Waals surface area contributed by atoms with Crippen molar-refractivity contribution in [2.45, 2.75) is 44.2 Å². The Morgan fingerprint density at radius 1 is 1.16 bits per heavy atom. The molecule has 0 amide bonds. The van der Waals surface area contributed by atoms with Crippen LogP contribution in [0.2, 0.25) is 0 Å². The number of rotatable bonds is 5. The van der Waals surface area contributed by atoms with E-state index in [1.807, 2.05) is 30.3 Å². The molecule has 0 spiro atoms. The molecule has 2 aliphatic rings. The maximum absolute atomic E-state index is 10.7. The number of carbonyl (C=O) groups excluding carboxylic acids is 1. The molecule has 25 heavy (non-hydrogen) atoms. The van der Waals surface area contributed by atoms with E-state index in [-0.39, 0.29) is 24.6 Å². The third-order valence-corrected chi connectivity index (χ3v) is 5.80. The van der Waals surface area contributed by atoms with E-state index < -0.39 is 5.41 Å². The average Bonchev–Trinajstić information content (AvgIpc) is 3.02. The topological polar surface area (TPSA) is 85.9 Å². The van der Waals surface area contributed by atoms with Crippen LogP contribution in [0.5, 0.6) is 0 Å². The van der Waals surface area contributed by atoms with E-state index in [4.69, 9.17) is 4.74 Å². The highest BCUT2D eigenvalue weighted by Gasteiger charge is 2.59. The molecule has 1 N–H and O–H groups in total. The van der Waals surface area contributed by atoms with Gasteiger partial charge in [0.25, 0.3) is 6.47 Å². The lowest BCUT2D eigenvalue weighted by Crippen LogP contribution is -2.40. The molecular formula is C20H23N3O2. The standard InChI is InChI=1S/C20H23N3O2/c21-12-20(13-22)18(15-7-3-1-4-8-15)17(11-25-14-24)23-19(20)16-9-5-2-6-10-16/h2,5-6,9-10,14-15,17-19,23H,1,3-4,7-8,11H2. The van der Waals surface area contributed by atoms with Crippen molar-refractivity contribution >= 4 is 6.47 Å². The summed E-state index contributed by atoms with van der Waals surface area (Å²) in [6.07, 6.45) is 5.52. The van der Waals surface area contributed by atoms with Gasteiger partial charge in [0.05, 0.1) is 18.2 Å². The summed E-state index contributed by atoms with van der Waals surface area (Å²) in [5.74, 6) is 0.155. The Morgan fingerprint density at radius 3 is 2.44 bits per heavy atom. The SMILES string of the molecule is N#CC1(C#N)C(c2ccccc2)NC(COC=O)C1C1CCCCC1. The fourth-order valence-electron chi connectivity index (χ4n) is 4.76. The highest BCUT2D eigenvalue weighted by Crippen LogP contribution is 2.53. The zero-order valence-corrected chi connectivity index (χ0v) is 14.2. The van der Waals surface area contributed by atoms with Crippen molar-refractivity contribution in [3.05, 3.63) is 35.9 Å². The normalized spacial score (nSPS) is 28.6. The number of benzene rings is 1. The molecule has 3 unspecified atom stereocenters. The van der Waals surface area contributed by atoms with Crippen LogP contribution in [0.3, 0.4) is 0 Å². The second-order valence-electron chi connectivity index (χ2n) is 7.06. The Bertz CT molecular complexity index is 656. The zero-order valence-electron chi connectivity index (χ0n) is 14.2. The zero-order chi connectivity index (χ0) is 17.7. The molecule has 5 nitrogen and oxygen atoms in total. The van der Waals surface area contributed by atoms with Gasteiger partial charge in [-0.05, 0) is 11.5 Å². The molecule has 1 aliphatic heterocycles. The van der Waals surface area contributed by atoms with Crippen molar-refractivity contribution < 1.29 is 9.53 Å². The van der Waals surface area contributed by atoms with Gasteiger partial charge in [-0.15, -0.1) is 0 Å². The summed E-state index contributed by atoms with van der Waals surface area (Å²) >= 11 is 0. The van der Waals surface area contributed by atoms with Crippen LogP contribution < -0.4 is 5.32 Å². The van der Waals surface area contributed by atoms with E-state index in [2.05, 4.69) is 17.5 Å². The van der Waals surface area contributed by atoms with Crippen LogP contribution in [0, 0.1) is 39.9 Å². The van der Waals surface area contributed by atoms with Crippen LogP contribution in [0.4, 0.5) is 0 Å². The van der Waals surface area contributed by atoms with Crippen molar-refractivity contribution in [2.75, 3.05) is 6.61 Å². The molecule has 1 saturated heterocycles. The third-order valence-electron chi connectivity index (χ3n) is 5.80. The predicted octanol–water partition coefficient (Wildman–Crippen LogP) is 3.10. The second-order valence-corrected chi connectivity index (χ2v) is 7.06. The third kappa shape index (κ3) is 3.13. The molecule has 0 radical (unpaired) electrons. The highest BCUT2D eigenvalue weighted by atomic mass is 16.5. The number of nitrogens with zero attached hydrogens (tertiary/aromatic N) is 2. The molecule has 2 fully saturated rings. The number of nitriles is 2. The molecule has 1 saturated carbocycles. The Labute approximate surface area is 148 Å². The summed E-state index contributed by atoms with van der Waals surface area (Å²) in [5.41, 5.74) is -0.222. The van der Waals surface area contributed by atoms with E-state index in [9.17, 15) is 15.3 Å². The molecule has 1 aromatic rings. The quantitative estimate of drug-likeness (QED) is 0.834. The molecule has 5 heteroatoms. The first-order chi connectivity index (χ1) is 12.3. The Balaban J connectivity index is 2.01. The minimum absolute atomic E-state index is 0.145. The molecule has 1 heterocycles. The molecule has 130 valence electrons. The number of ether oxygens (including phenoxy) is 1. The van der Waals surface area contributed by atoms with Crippen LogP contribution in [-0.2, 0) is 9.53 Å². The second kappa shape index (κ2) is 7.68. The lowest BCUT2D eigenvalue weighted by Gasteiger charge is -2.36. The summed E-state index contributed by atoms with van der Waals surface area (Å²) < 4.78 is 5.04. The monoisotopic (exact) mass is 337 g/mol. The van der Waals surface area contributed by atoms with Gasteiger partial charge in [0.15, 0.2) is 5.41 Å². The smallest absolute Gasteiger partial charge is 0.293 e. The number of hydrogen-bond acceptors (Lipinski definition) is 5. The first kappa shape index (κ1) is 17.5. The first-order valence-electron chi connectivity index (χ1n) is 8.95. The van der Waals surface area contributed by atoms with Gasteiger partial charge in [0.1, 0.15) is 6.61 Å². The molecule has 1 aromatic carbocycles. The van der Waals surface area contributed by atoms with E-state index in [1.54, 1.807) is 0 Å². The molecule has 1 aliphatic carbocycles. The number of nitrogens with one attached hydrogen (secondary N) is 1. The van der Waals surface area contributed by atoms with Gasteiger partial charge in [-0.25, -0.2) is 0 Å². The van der Waals surface area contributed by atoms with E-state index >= 15 is 0 Å². The summed E-state index contributed by atoms with van der Waals surface area (Å²) in [6, 6.07) is 13.8. The molecular weight excluding hydrogens is 314 g/mol. The minimum Gasteiger partial charge on any atom is -0.466 e. The van der Waals surface area contributed by atoms with Gasteiger partial charge in [-0.3, -0.25) is 4.79 Å². The Morgan fingerprint density at radius 2 is 1.84 bits per heavy atom. The van der Waals surface area contributed by atoms with Gasteiger partial charge in [0, 0.05) is 12.0 Å². The summed E-state index contributed by atoms with van der Waals surface area (Å²) in [5, 5.41) is 23.6. The molecule has 0 aromatic heterocycles. The van der Waals surface area contributed by atoms with Crippen LogP contribution in [-0.4, -0.2) is 19.1 Å². The lowest BCUT2D eigenvalue weighted by molar-refractivity contribution is -0.129. The average molecular weight is 337 g/mol. The van der Waals surface area contributed by atoms with E-state index in [0.29, 0.717) is 12.4 Å². The van der Waals surface area contributed by atoms with Crippen LogP contribution in [0.15, 0.2) is 30.3 Å². The Hall–Kier alpha value is -2.37. The van der Waals surface area contributed by atoms with E-state index in [1.165, 1.54) is 6.42 Å². The molecule has 0 bridgehead atoms. The van der Waals surface area contributed by atoms with Crippen LogP contribution in [0.1, 0.15) is 43.7 Å². The highest BCUT2D eigenvalue weighted by molar-refractivity contribution is 5.38. The lowest BCUT2D eigenvalue weighted by atomic mass is 9.63. The summed E-state index contributed by atoms with van der Waals surface area (Å²) in [7, 11) is 0. The minimum atomic E-state index is -1.15. The van der Waals surface area contributed by atoms with Gasteiger partial charge < -0.3 is 10.1 Å².